The molecule has 0 N–H and O–H groups in total. The van der Waals surface area contributed by atoms with Crippen LogP contribution in [-0.2, 0) is 4.79 Å². The van der Waals surface area contributed by atoms with Gasteiger partial charge in [0.25, 0.3) is 0 Å². The molecule has 1 aliphatic rings. The molecule has 1 heteroatoms. The summed E-state index contributed by atoms with van der Waals surface area (Å²) in [6.07, 6.45) is 12.3. The first kappa shape index (κ1) is 18.5. The molecule has 2 atom stereocenters. The topological polar surface area (TPSA) is 17.1 Å². The van der Waals surface area contributed by atoms with Gasteiger partial charge in [-0.15, -0.1) is 0 Å². The Balaban J connectivity index is 2.32. The molecule has 0 heterocycles. The fraction of sp³-hybridized carbons (Fsp3) is 0.850. The zero-order valence-electron chi connectivity index (χ0n) is 15.0. The Morgan fingerprint density at radius 1 is 1.14 bits per heavy atom. The van der Waals surface area contributed by atoms with Gasteiger partial charge in [-0.3, -0.25) is 0 Å². The number of aldehydes is 1. The summed E-state index contributed by atoms with van der Waals surface area (Å²) in [7, 11) is 0. The van der Waals surface area contributed by atoms with Gasteiger partial charge in [0.15, 0.2) is 0 Å². The Kier molecular flexibility index (Phi) is 7.70. The van der Waals surface area contributed by atoms with Gasteiger partial charge in [-0.2, -0.15) is 0 Å². The Hall–Kier alpha value is -0.590. The smallest absolute Gasteiger partial charge is 0.120 e. The van der Waals surface area contributed by atoms with Crippen LogP contribution in [0.1, 0.15) is 92.4 Å². The molecule has 122 valence electrons. The number of hydrogen-bond donors (Lipinski definition) is 0. The normalized spacial score (nSPS) is 21.2. The summed E-state index contributed by atoms with van der Waals surface area (Å²) >= 11 is 0. The van der Waals surface area contributed by atoms with E-state index in [4.69, 9.17) is 0 Å². The molecular formula is C20H36O. The van der Waals surface area contributed by atoms with Crippen LogP contribution in [0.2, 0.25) is 0 Å². The number of carbonyl (C=O) groups excluding carboxylic acids is 1. The van der Waals surface area contributed by atoms with Crippen molar-refractivity contribution in [3.05, 3.63) is 11.1 Å². The lowest BCUT2D eigenvalue weighted by molar-refractivity contribution is -0.108. The maximum Gasteiger partial charge on any atom is 0.120 e. The van der Waals surface area contributed by atoms with E-state index in [9.17, 15) is 4.79 Å². The molecule has 0 aromatic carbocycles. The Labute approximate surface area is 132 Å². The number of rotatable bonds is 9. The van der Waals surface area contributed by atoms with Gasteiger partial charge in [0.2, 0.25) is 0 Å². The van der Waals surface area contributed by atoms with Gasteiger partial charge in [-0.1, -0.05) is 58.1 Å². The molecule has 0 aliphatic heterocycles. The zero-order valence-corrected chi connectivity index (χ0v) is 15.0. The van der Waals surface area contributed by atoms with Crippen LogP contribution in [0.15, 0.2) is 11.1 Å². The second-order valence-corrected chi connectivity index (χ2v) is 8.08. The third kappa shape index (κ3) is 6.36. The van der Waals surface area contributed by atoms with E-state index in [0.717, 1.165) is 18.6 Å². The maximum absolute atomic E-state index is 10.5. The highest BCUT2D eigenvalue weighted by Gasteiger charge is 2.27. The van der Waals surface area contributed by atoms with Crippen LogP contribution in [-0.4, -0.2) is 6.29 Å². The summed E-state index contributed by atoms with van der Waals surface area (Å²) in [6, 6.07) is 0. The summed E-state index contributed by atoms with van der Waals surface area (Å²) in [4.78, 5) is 10.5. The fourth-order valence-electron chi connectivity index (χ4n) is 3.86. The first-order chi connectivity index (χ1) is 9.86. The van der Waals surface area contributed by atoms with Gasteiger partial charge in [-0.25, -0.2) is 0 Å². The average Bonchev–Trinajstić information content (AvgIpc) is 2.37. The van der Waals surface area contributed by atoms with E-state index in [2.05, 4.69) is 34.6 Å². The van der Waals surface area contributed by atoms with Crippen molar-refractivity contribution in [1.29, 1.82) is 0 Å². The average molecular weight is 293 g/mol. The van der Waals surface area contributed by atoms with Crippen molar-refractivity contribution < 1.29 is 4.79 Å². The van der Waals surface area contributed by atoms with E-state index in [1.165, 1.54) is 51.4 Å². The number of allylic oxidation sites excluding steroid dienone is 2. The Bertz CT molecular complexity index is 351. The van der Waals surface area contributed by atoms with E-state index in [-0.39, 0.29) is 0 Å². The second-order valence-electron chi connectivity index (χ2n) is 8.08. The lowest BCUT2D eigenvalue weighted by atomic mass is 9.70. The van der Waals surface area contributed by atoms with Crippen LogP contribution < -0.4 is 0 Å². The molecule has 1 aliphatic carbocycles. The predicted octanol–water partition coefficient (Wildman–Crippen LogP) is 6.32. The summed E-state index contributed by atoms with van der Waals surface area (Å²) in [6.45, 7) is 11.8. The lowest BCUT2D eigenvalue weighted by Gasteiger charge is -2.35. The van der Waals surface area contributed by atoms with Gasteiger partial charge in [-0.05, 0) is 56.3 Å². The third-order valence-electron chi connectivity index (χ3n) is 5.47. The van der Waals surface area contributed by atoms with Crippen molar-refractivity contribution in [2.24, 2.45) is 17.3 Å². The van der Waals surface area contributed by atoms with E-state index < -0.39 is 0 Å². The van der Waals surface area contributed by atoms with Crippen molar-refractivity contribution in [2.75, 3.05) is 0 Å². The molecule has 0 aromatic rings. The molecule has 0 saturated heterocycles. The summed E-state index contributed by atoms with van der Waals surface area (Å²) < 4.78 is 0. The van der Waals surface area contributed by atoms with Crippen molar-refractivity contribution >= 4 is 6.29 Å². The highest BCUT2D eigenvalue weighted by Crippen LogP contribution is 2.42. The molecule has 21 heavy (non-hydrogen) atoms. The third-order valence-corrected chi connectivity index (χ3v) is 5.47. The molecule has 0 spiro atoms. The second kappa shape index (κ2) is 8.76. The zero-order chi connectivity index (χ0) is 15.9. The Morgan fingerprint density at radius 3 is 2.43 bits per heavy atom. The van der Waals surface area contributed by atoms with Gasteiger partial charge < -0.3 is 4.79 Å². The quantitative estimate of drug-likeness (QED) is 0.359. The standard InChI is InChI=1S/C20H36O/c1-16(8-6-9-17(2)13-15-21)11-12-19-18(3)10-7-14-20(19,4)5/h15-17H,6-14H2,1-5H3. The van der Waals surface area contributed by atoms with Crippen molar-refractivity contribution in [3.63, 3.8) is 0 Å². The fourth-order valence-corrected chi connectivity index (χ4v) is 3.86. The molecule has 0 bridgehead atoms. The van der Waals surface area contributed by atoms with Gasteiger partial charge in [0, 0.05) is 6.42 Å². The van der Waals surface area contributed by atoms with Gasteiger partial charge in [0.05, 0.1) is 0 Å². The monoisotopic (exact) mass is 292 g/mol. The predicted molar refractivity (Wildman–Crippen MR) is 92.4 cm³/mol. The van der Waals surface area contributed by atoms with Crippen LogP contribution in [0, 0.1) is 17.3 Å². The summed E-state index contributed by atoms with van der Waals surface area (Å²) in [5.41, 5.74) is 3.84. The van der Waals surface area contributed by atoms with E-state index in [0.29, 0.717) is 11.3 Å². The van der Waals surface area contributed by atoms with Gasteiger partial charge in [0.1, 0.15) is 6.29 Å². The molecule has 2 unspecified atom stereocenters. The van der Waals surface area contributed by atoms with Crippen LogP contribution in [0.4, 0.5) is 0 Å². The molecule has 0 amide bonds. The molecule has 1 nitrogen and oxygen atoms in total. The van der Waals surface area contributed by atoms with Gasteiger partial charge >= 0.3 is 0 Å². The van der Waals surface area contributed by atoms with E-state index in [1.807, 2.05) is 0 Å². The van der Waals surface area contributed by atoms with Crippen molar-refractivity contribution in [1.82, 2.24) is 0 Å². The first-order valence-electron chi connectivity index (χ1n) is 8.99. The van der Waals surface area contributed by atoms with E-state index >= 15 is 0 Å². The molecule has 0 radical (unpaired) electrons. The van der Waals surface area contributed by atoms with Crippen LogP contribution >= 0.6 is 0 Å². The first-order valence-corrected chi connectivity index (χ1v) is 8.99. The lowest BCUT2D eigenvalue weighted by Crippen LogP contribution is -2.20. The minimum atomic E-state index is 0.431. The Morgan fingerprint density at radius 2 is 1.81 bits per heavy atom. The number of hydrogen-bond acceptors (Lipinski definition) is 1. The molecule has 1 rings (SSSR count). The molecule has 0 saturated carbocycles. The minimum absolute atomic E-state index is 0.431. The van der Waals surface area contributed by atoms with Crippen LogP contribution in [0.25, 0.3) is 0 Å². The summed E-state index contributed by atoms with van der Waals surface area (Å²) in [5.74, 6) is 1.38. The largest absolute Gasteiger partial charge is 0.303 e. The molecule has 0 aromatic heterocycles. The summed E-state index contributed by atoms with van der Waals surface area (Å²) in [5, 5.41) is 0. The number of carbonyl (C=O) groups is 1. The minimum Gasteiger partial charge on any atom is -0.303 e. The van der Waals surface area contributed by atoms with E-state index in [1.54, 1.807) is 11.1 Å². The SMILES string of the molecule is CC1=C(CCC(C)CCCC(C)CC=O)C(C)(C)CCC1. The van der Waals surface area contributed by atoms with Crippen LogP contribution in [0.5, 0.6) is 0 Å². The molecule has 0 fully saturated rings. The highest BCUT2D eigenvalue weighted by molar-refractivity contribution is 5.49. The van der Waals surface area contributed by atoms with Crippen molar-refractivity contribution in [2.45, 2.75) is 92.4 Å². The maximum atomic E-state index is 10.5. The highest BCUT2D eigenvalue weighted by atomic mass is 16.1. The molecular weight excluding hydrogens is 256 g/mol. The van der Waals surface area contributed by atoms with Crippen molar-refractivity contribution in [3.8, 4) is 0 Å². The van der Waals surface area contributed by atoms with Crippen LogP contribution in [0.3, 0.4) is 0 Å².